The standard InChI is InChI=1S/C13H8N4O4S/c18-13-17(15-12(20-13)9-4-2-6-22-9)7-10-14-11(16-21-10)8-3-1-5-19-8/h1-6H,7H2. The lowest BCUT2D eigenvalue weighted by Crippen LogP contribution is -2.16. The van der Waals surface area contributed by atoms with Crippen LogP contribution in [0.2, 0.25) is 0 Å². The Labute approximate surface area is 126 Å². The maximum Gasteiger partial charge on any atom is 0.437 e. The Morgan fingerprint density at radius 3 is 3.00 bits per heavy atom. The van der Waals surface area contributed by atoms with Gasteiger partial charge in [0.05, 0.1) is 11.1 Å². The van der Waals surface area contributed by atoms with Crippen LogP contribution < -0.4 is 5.76 Å². The van der Waals surface area contributed by atoms with Crippen LogP contribution >= 0.6 is 11.3 Å². The second-order valence-electron chi connectivity index (χ2n) is 4.30. The molecule has 0 aliphatic carbocycles. The summed E-state index contributed by atoms with van der Waals surface area (Å²) < 4.78 is 16.5. The van der Waals surface area contributed by atoms with Gasteiger partial charge in [-0.05, 0) is 23.6 Å². The van der Waals surface area contributed by atoms with Gasteiger partial charge in [0, 0.05) is 0 Å². The molecular formula is C13H8N4O4S. The Bertz CT molecular complexity index is 933. The highest BCUT2D eigenvalue weighted by Gasteiger charge is 2.16. The van der Waals surface area contributed by atoms with Crippen LogP contribution in [0.3, 0.4) is 0 Å². The predicted octanol–water partition coefficient (Wildman–Crippen LogP) is 2.26. The first kappa shape index (κ1) is 12.8. The molecular weight excluding hydrogens is 308 g/mol. The minimum atomic E-state index is -0.582. The molecule has 0 aliphatic rings. The third-order valence-electron chi connectivity index (χ3n) is 2.83. The molecule has 0 saturated heterocycles. The van der Waals surface area contributed by atoms with E-state index in [1.54, 1.807) is 12.1 Å². The molecule has 4 aromatic rings. The molecule has 0 aromatic carbocycles. The summed E-state index contributed by atoms with van der Waals surface area (Å²) in [4.78, 5) is 16.7. The molecule has 0 aliphatic heterocycles. The van der Waals surface area contributed by atoms with Gasteiger partial charge in [-0.2, -0.15) is 9.67 Å². The Kier molecular flexibility index (Phi) is 2.97. The van der Waals surface area contributed by atoms with Crippen molar-refractivity contribution < 1.29 is 13.4 Å². The molecule has 22 heavy (non-hydrogen) atoms. The van der Waals surface area contributed by atoms with Crippen molar-refractivity contribution in [1.29, 1.82) is 0 Å². The first-order valence-electron chi connectivity index (χ1n) is 6.28. The van der Waals surface area contributed by atoms with Gasteiger partial charge in [-0.15, -0.1) is 16.4 Å². The number of rotatable bonds is 4. The lowest BCUT2D eigenvalue weighted by Gasteiger charge is -1.90. The lowest BCUT2D eigenvalue weighted by atomic mass is 10.4. The van der Waals surface area contributed by atoms with E-state index in [2.05, 4.69) is 15.2 Å². The molecule has 0 amide bonds. The van der Waals surface area contributed by atoms with Gasteiger partial charge in [-0.1, -0.05) is 11.2 Å². The first-order chi connectivity index (χ1) is 10.8. The van der Waals surface area contributed by atoms with Crippen molar-refractivity contribution in [2.45, 2.75) is 6.54 Å². The van der Waals surface area contributed by atoms with Crippen LogP contribution in [0.5, 0.6) is 0 Å². The Hall–Kier alpha value is -2.94. The number of furan rings is 1. The van der Waals surface area contributed by atoms with Gasteiger partial charge >= 0.3 is 5.76 Å². The van der Waals surface area contributed by atoms with E-state index in [0.717, 1.165) is 9.56 Å². The van der Waals surface area contributed by atoms with Gasteiger partial charge in [-0.25, -0.2) is 4.79 Å². The molecule has 0 spiro atoms. The fourth-order valence-corrected chi connectivity index (χ4v) is 2.50. The van der Waals surface area contributed by atoms with Gasteiger partial charge in [-0.3, -0.25) is 0 Å². The number of hydrogen-bond donors (Lipinski definition) is 0. The summed E-state index contributed by atoms with van der Waals surface area (Å²) in [5.41, 5.74) is 0. The van der Waals surface area contributed by atoms with Crippen LogP contribution in [0.25, 0.3) is 22.4 Å². The third kappa shape index (κ3) is 2.27. The second kappa shape index (κ2) is 5.11. The monoisotopic (exact) mass is 316 g/mol. The minimum Gasteiger partial charge on any atom is -0.461 e. The average molecular weight is 316 g/mol. The molecule has 110 valence electrons. The Balaban J connectivity index is 1.60. The topological polar surface area (TPSA) is 100 Å². The molecule has 8 nitrogen and oxygen atoms in total. The summed E-state index contributed by atoms with van der Waals surface area (Å²) in [5, 5.41) is 9.78. The van der Waals surface area contributed by atoms with E-state index in [4.69, 9.17) is 13.4 Å². The Morgan fingerprint density at radius 1 is 1.27 bits per heavy atom. The fourth-order valence-electron chi connectivity index (χ4n) is 1.86. The van der Waals surface area contributed by atoms with Crippen LogP contribution in [0.4, 0.5) is 0 Å². The van der Waals surface area contributed by atoms with Crippen molar-refractivity contribution in [3.63, 3.8) is 0 Å². The summed E-state index contributed by atoms with van der Waals surface area (Å²) >= 11 is 1.43. The van der Waals surface area contributed by atoms with Gasteiger partial charge in [0.1, 0.15) is 6.54 Å². The van der Waals surface area contributed by atoms with Gasteiger partial charge in [0.25, 0.3) is 5.89 Å². The largest absolute Gasteiger partial charge is 0.461 e. The quantitative estimate of drug-likeness (QED) is 0.569. The molecule has 0 atom stereocenters. The van der Waals surface area contributed by atoms with Gasteiger partial charge < -0.3 is 13.4 Å². The van der Waals surface area contributed by atoms with E-state index < -0.39 is 5.76 Å². The van der Waals surface area contributed by atoms with Crippen LogP contribution in [-0.2, 0) is 6.54 Å². The van der Waals surface area contributed by atoms with E-state index in [1.807, 2.05) is 17.5 Å². The number of nitrogens with zero attached hydrogens (tertiary/aromatic N) is 4. The van der Waals surface area contributed by atoms with E-state index in [0.29, 0.717) is 11.6 Å². The van der Waals surface area contributed by atoms with Gasteiger partial charge in [0.15, 0.2) is 5.76 Å². The zero-order valence-corrected chi connectivity index (χ0v) is 11.8. The summed E-state index contributed by atoms with van der Waals surface area (Å²) in [7, 11) is 0. The molecule has 0 fully saturated rings. The number of aromatic nitrogens is 4. The molecule has 4 aromatic heterocycles. The van der Waals surface area contributed by atoms with Crippen molar-refractivity contribution >= 4 is 11.3 Å². The van der Waals surface area contributed by atoms with E-state index in [1.165, 1.54) is 17.6 Å². The van der Waals surface area contributed by atoms with Crippen LogP contribution in [0.15, 0.2) is 54.1 Å². The summed E-state index contributed by atoms with van der Waals surface area (Å²) in [5.74, 6) is 0.725. The second-order valence-corrected chi connectivity index (χ2v) is 5.24. The normalized spacial score (nSPS) is 11.1. The molecule has 0 N–H and O–H groups in total. The zero-order valence-electron chi connectivity index (χ0n) is 11.0. The minimum absolute atomic E-state index is 0.0292. The van der Waals surface area contributed by atoms with E-state index in [9.17, 15) is 4.79 Å². The summed E-state index contributed by atoms with van der Waals surface area (Å²) in [6.07, 6.45) is 1.51. The highest BCUT2D eigenvalue weighted by atomic mass is 32.1. The van der Waals surface area contributed by atoms with Gasteiger partial charge in [0.2, 0.25) is 11.7 Å². The van der Waals surface area contributed by atoms with Crippen LogP contribution in [0.1, 0.15) is 5.89 Å². The van der Waals surface area contributed by atoms with Crippen molar-refractivity contribution in [2.24, 2.45) is 0 Å². The number of thiophene rings is 1. The van der Waals surface area contributed by atoms with Crippen LogP contribution in [-0.4, -0.2) is 19.9 Å². The SMILES string of the molecule is O=c1oc(-c2cccs2)nn1Cc1nc(-c2ccco2)no1. The smallest absolute Gasteiger partial charge is 0.437 e. The third-order valence-corrected chi connectivity index (χ3v) is 3.69. The van der Waals surface area contributed by atoms with Crippen molar-refractivity contribution in [3.05, 3.63) is 52.4 Å². The van der Waals surface area contributed by atoms with E-state index in [-0.39, 0.29) is 18.3 Å². The summed E-state index contributed by atoms with van der Waals surface area (Å²) in [6, 6.07) is 7.11. The van der Waals surface area contributed by atoms with Crippen LogP contribution in [0, 0.1) is 0 Å². The van der Waals surface area contributed by atoms with Crippen molar-refractivity contribution in [2.75, 3.05) is 0 Å². The van der Waals surface area contributed by atoms with E-state index >= 15 is 0 Å². The molecule has 9 heteroatoms. The molecule has 0 bridgehead atoms. The highest BCUT2D eigenvalue weighted by Crippen LogP contribution is 2.21. The molecule has 0 unspecified atom stereocenters. The molecule has 4 rings (SSSR count). The fraction of sp³-hybridized carbons (Fsp3) is 0.0769. The van der Waals surface area contributed by atoms with Crippen molar-refractivity contribution in [3.8, 4) is 22.4 Å². The summed E-state index contributed by atoms with van der Waals surface area (Å²) in [6.45, 7) is 0.0292. The lowest BCUT2D eigenvalue weighted by molar-refractivity contribution is 0.359. The molecule has 4 heterocycles. The maximum absolute atomic E-state index is 11.8. The number of hydrogen-bond acceptors (Lipinski definition) is 8. The Morgan fingerprint density at radius 2 is 2.23 bits per heavy atom. The molecule has 0 radical (unpaired) electrons. The highest BCUT2D eigenvalue weighted by molar-refractivity contribution is 7.13. The predicted molar refractivity (Wildman–Crippen MR) is 75.2 cm³/mol. The zero-order chi connectivity index (χ0) is 14.9. The van der Waals surface area contributed by atoms with Crippen molar-refractivity contribution in [1.82, 2.24) is 19.9 Å². The molecule has 0 saturated carbocycles. The maximum atomic E-state index is 11.8. The first-order valence-corrected chi connectivity index (χ1v) is 7.16. The average Bonchev–Trinajstić information content (AvgIpc) is 3.28.